The minimum absolute atomic E-state index is 0.271. The summed E-state index contributed by atoms with van der Waals surface area (Å²) in [6.07, 6.45) is 0.869. The Hall–Kier alpha value is -0.940. The molecule has 0 aliphatic rings. The molecular weight excluding hydrogens is 206 g/mol. The van der Waals surface area contributed by atoms with Crippen LogP contribution in [0.15, 0.2) is 4.52 Å². The summed E-state index contributed by atoms with van der Waals surface area (Å²) >= 11 is 0. The van der Waals surface area contributed by atoms with Gasteiger partial charge in [-0.2, -0.15) is 4.98 Å². The minimum Gasteiger partial charge on any atom is -0.370 e. The summed E-state index contributed by atoms with van der Waals surface area (Å²) in [6.45, 7) is 8.84. The molecular formula is C11H21N3O2. The van der Waals surface area contributed by atoms with Crippen molar-refractivity contribution in [3.8, 4) is 0 Å². The lowest BCUT2D eigenvalue weighted by Crippen LogP contribution is -2.40. The van der Waals surface area contributed by atoms with Crippen LogP contribution >= 0.6 is 0 Å². The molecule has 5 nitrogen and oxygen atoms in total. The van der Waals surface area contributed by atoms with E-state index in [1.165, 1.54) is 0 Å². The van der Waals surface area contributed by atoms with Gasteiger partial charge in [-0.15, -0.1) is 0 Å². The third-order valence-corrected chi connectivity index (χ3v) is 2.47. The van der Waals surface area contributed by atoms with Crippen LogP contribution in [0, 0.1) is 0 Å². The van der Waals surface area contributed by atoms with Gasteiger partial charge in [0.1, 0.15) is 6.61 Å². The second-order valence-corrected chi connectivity index (χ2v) is 4.70. The zero-order valence-electron chi connectivity index (χ0n) is 10.5. The molecule has 0 saturated carbocycles. The highest BCUT2D eigenvalue weighted by molar-refractivity contribution is 4.90. The van der Waals surface area contributed by atoms with E-state index in [0.29, 0.717) is 24.9 Å². The summed E-state index contributed by atoms with van der Waals surface area (Å²) in [4.78, 5) is 4.21. The first-order chi connectivity index (χ1) is 7.44. The van der Waals surface area contributed by atoms with Crippen LogP contribution in [0.3, 0.4) is 0 Å². The van der Waals surface area contributed by atoms with Gasteiger partial charge in [-0.25, -0.2) is 0 Å². The van der Waals surface area contributed by atoms with Crippen LogP contribution in [0.2, 0.25) is 0 Å². The van der Waals surface area contributed by atoms with Gasteiger partial charge >= 0.3 is 0 Å². The predicted octanol–water partition coefficient (Wildman–Crippen LogP) is 1.84. The van der Waals surface area contributed by atoms with Crippen molar-refractivity contribution in [3.05, 3.63) is 11.7 Å². The van der Waals surface area contributed by atoms with E-state index in [-0.39, 0.29) is 11.5 Å². The smallest absolute Gasteiger partial charge is 0.252 e. The zero-order valence-corrected chi connectivity index (χ0v) is 10.5. The molecule has 1 aromatic heterocycles. The van der Waals surface area contributed by atoms with E-state index in [1.54, 1.807) is 0 Å². The Kier molecular flexibility index (Phi) is 4.44. The molecule has 16 heavy (non-hydrogen) atoms. The number of hydrogen-bond acceptors (Lipinski definition) is 5. The summed E-state index contributed by atoms with van der Waals surface area (Å²) in [5.74, 6) is 1.49. The van der Waals surface area contributed by atoms with Crippen LogP contribution in [0.5, 0.6) is 0 Å². The Morgan fingerprint density at radius 1 is 1.50 bits per heavy atom. The highest BCUT2D eigenvalue weighted by Gasteiger charge is 2.16. The molecule has 0 aliphatic carbocycles. The summed E-state index contributed by atoms with van der Waals surface area (Å²) < 4.78 is 10.5. The summed E-state index contributed by atoms with van der Waals surface area (Å²) in [5.41, 5.74) is 5.65. The average Bonchev–Trinajstić information content (AvgIpc) is 2.66. The highest BCUT2D eigenvalue weighted by atomic mass is 16.5. The summed E-state index contributed by atoms with van der Waals surface area (Å²) in [5, 5.41) is 3.85. The number of hydrogen-bond donors (Lipinski definition) is 1. The van der Waals surface area contributed by atoms with E-state index in [9.17, 15) is 0 Å². The number of nitrogens with two attached hydrogens (primary N) is 1. The maximum Gasteiger partial charge on any atom is 0.252 e. The van der Waals surface area contributed by atoms with Gasteiger partial charge in [0, 0.05) is 11.5 Å². The van der Waals surface area contributed by atoms with Crippen molar-refractivity contribution in [2.45, 2.75) is 52.2 Å². The first-order valence-electron chi connectivity index (χ1n) is 5.63. The SMILES string of the molecule is CCC(C)(N)COCc1nc(C(C)C)no1. The van der Waals surface area contributed by atoms with Crippen molar-refractivity contribution in [1.29, 1.82) is 0 Å². The minimum atomic E-state index is -0.291. The molecule has 1 aromatic rings. The topological polar surface area (TPSA) is 74.2 Å². The fourth-order valence-corrected chi connectivity index (χ4v) is 1.03. The largest absolute Gasteiger partial charge is 0.370 e. The van der Waals surface area contributed by atoms with Crippen LogP contribution in [0.4, 0.5) is 0 Å². The first-order valence-corrected chi connectivity index (χ1v) is 5.63. The van der Waals surface area contributed by atoms with Gasteiger partial charge in [-0.1, -0.05) is 25.9 Å². The molecule has 0 fully saturated rings. The number of aromatic nitrogens is 2. The van der Waals surface area contributed by atoms with Gasteiger partial charge in [0.15, 0.2) is 5.82 Å². The Balaban J connectivity index is 2.37. The maximum atomic E-state index is 5.94. The Labute approximate surface area is 96.4 Å². The van der Waals surface area contributed by atoms with Crippen molar-refractivity contribution in [1.82, 2.24) is 10.1 Å². The molecule has 0 radical (unpaired) electrons. The van der Waals surface area contributed by atoms with Gasteiger partial charge in [0.2, 0.25) is 0 Å². The second-order valence-electron chi connectivity index (χ2n) is 4.70. The molecule has 2 N–H and O–H groups in total. The second kappa shape index (κ2) is 5.41. The predicted molar refractivity (Wildman–Crippen MR) is 60.9 cm³/mol. The Morgan fingerprint density at radius 3 is 2.69 bits per heavy atom. The van der Waals surface area contributed by atoms with Crippen molar-refractivity contribution in [2.24, 2.45) is 5.73 Å². The van der Waals surface area contributed by atoms with E-state index in [1.807, 2.05) is 27.7 Å². The molecule has 0 amide bonds. The van der Waals surface area contributed by atoms with E-state index in [0.717, 1.165) is 6.42 Å². The molecule has 1 unspecified atom stereocenters. The van der Waals surface area contributed by atoms with Crippen LogP contribution in [-0.4, -0.2) is 22.3 Å². The van der Waals surface area contributed by atoms with Gasteiger partial charge in [-0.3, -0.25) is 0 Å². The molecule has 0 saturated heterocycles. The van der Waals surface area contributed by atoms with Crippen LogP contribution < -0.4 is 5.73 Å². The fraction of sp³-hybridized carbons (Fsp3) is 0.818. The van der Waals surface area contributed by atoms with Crippen molar-refractivity contribution in [2.75, 3.05) is 6.61 Å². The molecule has 1 atom stereocenters. The molecule has 1 rings (SSSR count). The van der Waals surface area contributed by atoms with Crippen LogP contribution in [-0.2, 0) is 11.3 Å². The van der Waals surface area contributed by atoms with E-state index >= 15 is 0 Å². The Morgan fingerprint density at radius 2 is 2.19 bits per heavy atom. The van der Waals surface area contributed by atoms with Gasteiger partial charge < -0.3 is 15.0 Å². The lowest BCUT2D eigenvalue weighted by atomic mass is 10.0. The maximum absolute atomic E-state index is 5.94. The number of ether oxygens (including phenoxy) is 1. The molecule has 0 aliphatic heterocycles. The molecule has 1 heterocycles. The average molecular weight is 227 g/mol. The number of nitrogens with zero attached hydrogens (tertiary/aromatic N) is 2. The molecule has 0 bridgehead atoms. The van der Waals surface area contributed by atoms with Gasteiger partial charge in [-0.05, 0) is 13.3 Å². The van der Waals surface area contributed by atoms with Crippen molar-refractivity contribution in [3.63, 3.8) is 0 Å². The quantitative estimate of drug-likeness (QED) is 0.802. The van der Waals surface area contributed by atoms with Crippen molar-refractivity contribution >= 4 is 0 Å². The van der Waals surface area contributed by atoms with Crippen molar-refractivity contribution < 1.29 is 9.26 Å². The van der Waals surface area contributed by atoms with Crippen LogP contribution in [0.25, 0.3) is 0 Å². The van der Waals surface area contributed by atoms with Crippen LogP contribution in [0.1, 0.15) is 51.7 Å². The molecule has 92 valence electrons. The van der Waals surface area contributed by atoms with E-state index in [2.05, 4.69) is 10.1 Å². The third kappa shape index (κ3) is 3.90. The number of rotatable bonds is 6. The standard InChI is InChI=1S/C11H21N3O2/c1-5-11(4,12)7-15-6-9-13-10(8(2)3)14-16-9/h8H,5-7,12H2,1-4H3. The Bertz CT molecular complexity index is 321. The zero-order chi connectivity index (χ0) is 12.2. The summed E-state index contributed by atoms with van der Waals surface area (Å²) in [7, 11) is 0. The lowest BCUT2D eigenvalue weighted by Gasteiger charge is -2.21. The van der Waals surface area contributed by atoms with E-state index < -0.39 is 0 Å². The monoisotopic (exact) mass is 227 g/mol. The van der Waals surface area contributed by atoms with Gasteiger partial charge in [0.05, 0.1) is 6.61 Å². The first kappa shape index (κ1) is 13.1. The molecule has 0 spiro atoms. The van der Waals surface area contributed by atoms with E-state index in [4.69, 9.17) is 15.0 Å². The molecule has 0 aromatic carbocycles. The van der Waals surface area contributed by atoms with Gasteiger partial charge in [0.25, 0.3) is 5.89 Å². The fourth-order valence-electron chi connectivity index (χ4n) is 1.03. The lowest BCUT2D eigenvalue weighted by molar-refractivity contribution is 0.0611. The third-order valence-electron chi connectivity index (χ3n) is 2.47. The highest BCUT2D eigenvalue weighted by Crippen LogP contribution is 2.11. The molecule has 5 heteroatoms. The summed E-state index contributed by atoms with van der Waals surface area (Å²) in [6, 6.07) is 0. The normalized spacial score (nSPS) is 15.4.